The van der Waals surface area contributed by atoms with Gasteiger partial charge in [-0.25, -0.2) is 9.67 Å². The van der Waals surface area contributed by atoms with Crippen LogP contribution in [-0.4, -0.2) is 45.8 Å². The molecule has 6 nitrogen and oxygen atoms in total. The summed E-state index contributed by atoms with van der Waals surface area (Å²) in [4.78, 5) is 21.4. The number of alkyl halides is 3. The lowest BCUT2D eigenvalue weighted by molar-refractivity contribution is -0.137. The molecule has 0 unspecified atom stereocenters. The normalized spacial score (nSPS) is 15.3. The van der Waals surface area contributed by atoms with Crippen molar-refractivity contribution in [3.63, 3.8) is 0 Å². The summed E-state index contributed by atoms with van der Waals surface area (Å²) in [6.45, 7) is 2.96. The number of pyridine rings is 1. The summed E-state index contributed by atoms with van der Waals surface area (Å²) in [5.41, 5.74) is 0.790. The summed E-state index contributed by atoms with van der Waals surface area (Å²) in [6.07, 6.45) is -2.74. The second kappa shape index (κ2) is 9.50. The molecular weight excluding hydrogens is 455 g/mol. The van der Waals surface area contributed by atoms with Gasteiger partial charge in [0.2, 0.25) is 0 Å². The van der Waals surface area contributed by atoms with E-state index in [1.54, 1.807) is 0 Å². The fourth-order valence-corrected chi connectivity index (χ4v) is 4.41. The van der Waals surface area contributed by atoms with Crippen molar-refractivity contribution in [2.75, 3.05) is 31.1 Å². The second-order valence-corrected chi connectivity index (χ2v) is 8.57. The summed E-state index contributed by atoms with van der Waals surface area (Å²) in [5, 5.41) is 6.17. The Bertz CT molecular complexity index is 1370. The van der Waals surface area contributed by atoms with Gasteiger partial charge in [0, 0.05) is 43.3 Å². The summed E-state index contributed by atoms with van der Waals surface area (Å²) >= 11 is 0. The van der Waals surface area contributed by atoms with Crippen LogP contribution in [0.15, 0.2) is 77.7 Å². The predicted octanol–water partition coefficient (Wildman–Crippen LogP) is 4.65. The van der Waals surface area contributed by atoms with Gasteiger partial charge in [-0.2, -0.15) is 18.3 Å². The standard InChI is InChI=1S/C26H24F3N5O/c27-26(28,29)20-11-12-23(30-17-20)33-14-6-13-32(15-16-33)18-34-25(35)22-10-5-4-9-21(22)24(31-34)19-7-2-1-3-8-19/h1-5,7-12,17H,6,13-16,18H2. The van der Waals surface area contributed by atoms with E-state index in [9.17, 15) is 18.0 Å². The first kappa shape index (κ1) is 23.0. The number of nitrogens with zero attached hydrogens (tertiary/aromatic N) is 5. The van der Waals surface area contributed by atoms with Gasteiger partial charge < -0.3 is 4.90 Å². The molecule has 0 bridgehead atoms. The van der Waals surface area contributed by atoms with E-state index in [-0.39, 0.29) is 5.56 Å². The van der Waals surface area contributed by atoms with E-state index in [2.05, 4.69) is 9.88 Å². The maximum Gasteiger partial charge on any atom is 0.417 e. The first-order valence-corrected chi connectivity index (χ1v) is 11.5. The van der Waals surface area contributed by atoms with E-state index in [0.29, 0.717) is 37.5 Å². The number of aromatic nitrogens is 3. The first-order chi connectivity index (χ1) is 16.9. The van der Waals surface area contributed by atoms with Gasteiger partial charge in [-0.15, -0.1) is 0 Å². The van der Waals surface area contributed by atoms with Gasteiger partial charge in [-0.05, 0) is 24.6 Å². The lowest BCUT2D eigenvalue weighted by Gasteiger charge is -2.23. The van der Waals surface area contributed by atoms with Gasteiger partial charge in [0.05, 0.1) is 23.3 Å². The van der Waals surface area contributed by atoms with Gasteiger partial charge in [0.15, 0.2) is 0 Å². The van der Waals surface area contributed by atoms with Crippen molar-refractivity contribution in [2.24, 2.45) is 0 Å². The van der Waals surface area contributed by atoms with Crippen LogP contribution in [0.25, 0.3) is 22.0 Å². The summed E-state index contributed by atoms with van der Waals surface area (Å²) < 4.78 is 40.1. The molecule has 1 aliphatic rings. The van der Waals surface area contributed by atoms with Gasteiger partial charge >= 0.3 is 6.18 Å². The van der Waals surface area contributed by atoms with Crippen LogP contribution in [0.3, 0.4) is 0 Å². The molecule has 1 aliphatic heterocycles. The molecule has 0 amide bonds. The summed E-state index contributed by atoms with van der Waals surface area (Å²) in [6, 6.07) is 19.8. The third-order valence-electron chi connectivity index (χ3n) is 6.24. The van der Waals surface area contributed by atoms with Crippen molar-refractivity contribution in [1.29, 1.82) is 0 Å². The minimum Gasteiger partial charge on any atom is -0.355 e. The fourth-order valence-electron chi connectivity index (χ4n) is 4.41. The van der Waals surface area contributed by atoms with Crippen molar-refractivity contribution in [3.05, 3.63) is 88.8 Å². The number of fused-ring (bicyclic) bond motifs is 1. The Hall–Kier alpha value is -3.72. The molecule has 180 valence electrons. The van der Waals surface area contributed by atoms with Crippen LogP contribution in [0, 0.1) is 0 Å². The Kier molecular flexibility index (Phi) is 6.25. The highest BCUT2D eigenvalue weighted by Gasteiger charge is 2.31. The summed E-state index contributed by atoms with van der Waals surface area (Å²) in [7, 11) is 0. The van der Waals surface area contributed by atoms with Crippen LogP contribution in [0.1, 0.15) is 12.0 Å². The van der Waals surface area contributed by atoms with E-state index in [1.165, 1.54) is 10.7 Å². The first-order valence-electron chi connectivity index (χ1n) is 11.5. The van der Waals surface area contributed by atoms with Crippen LogP contribution in [0.5, 0.6) is 0 Å². The Morgan fingerprint density at radius 3 is 2.29 bits per heavy atom. The number of halogens is 3. The fraction of sp³-hybridized carbons (Fsp3) is 0.269. The van der Waals surface area contributed by atoms with Crippen LogP contribution < -0.4 is 10.5 Å². The zero-order valence-corrected chi connectivity index (χ0v) is 18.9. The lowest BCUT2D eigenvalue weighted by atomic mass is 10.1. The lowest BCUT2D eigenvalue weighted by Crippen LogP contribution is -2.37. The zero-order chi connectivity index (χ0) is 24.4. The quantitative estimate of drug-likeness (QED) is 0.427. The highest BCUT2D eigenvalue weighted by atomic mass is 19.4. The number of anilines is 1. The molecule has 0 saturated carbocycles. The topological polar surface area (TPSA) is 54.3 Å². The maximum atomic E-state index is 13.2. The number of rotatable bonds is 4. The molecule has 1 fully saturated rings. The smallest absolute Gasteiger partial charge is 0.355 e. The molecule has 2 aromatic heterocycles. The third-order valence-corrected chi connectivity index (χ3v) is 6.24. The van der Waals surface area contributed by atoms with Crippen molar-refractivity contribution < 1.29 is 13.2 Å². The van der Waals surface area contributed by atoms with E-state index in [4.69, 9.17) is 5.10 Å². The highest BCUT2D eigenvalue weighted by molar-refractivity contribution is 5.93. The van der Waals surface area contributed by atoms with Crippen LogP contribution in [-0.2, 0) is 12.8 Å². The van der Waals surface area contributed by atoms with Crippen molar-refractivity contribution in [2.45, 2.75) is 19.3 Å². The molecule has 4 aromatic rings. The van der Waals surface area contributed by atoms with Crippen LogP contribution >= 0.6 is 0 Å². The molecule has 0 atom stereocenters. The molecule has 35 heavy (non-hydrogen) atoms. The average Bonchev–Trinajstić information content (AvgIpc) is 3.11. The third kappa shape index (κ3) is 4.90. The van der Waals surface area contributed by atoms with E-state index >= 15 is 0 Å². The van der Waals surface area contributed by atoms with E-state index in [0.717, 1.165) is 41.9 Å². The molecule has 0 spiro atoms. The Morgan fingerprint density at radius 2 is 1.57 bits per heavy atom. The second-order valence-electron chi connectivity index (χ2n) is 8.57. The van der Waals surface area contributed by atoms with Crippen molar-refractivity contribution >= 4 is 16.6 Å². The van der Waals surface area contributed by atoms with Crippen molar-refractivity contribution in [3.8, 4) is 11.3 Å². The molecule has 1 saturated heterocycles. The van der Waals surface area contributed by atoms with Crippen LogP contribution in [0.2, 0.25) is 0 Å². The molecule has 9 heteroatoms. The monoisotopic (exact) mass is 479 g/mol. The molecule has 0 radical (unpaired) electrons. The van der Waals surface area contributed by atoms with Gasteiger partial charge in [-0.1, -0.05) is 48.5 Å². The van der Waals surface area contributed by atoms with Gasteiger partial charge in [0.25, 0.3) is 5.56 Å². The molecule has 2 aromatic carbocycles. The van der Waals surface area contributed by atoms with Gasteiger partial charge in [-0.3, -0.25) is 9.69 Å². The zero-order valence-electron chi connectivity index (χ0n) is 18.9. The predicted molar refractivity (Wildman–Crippen MR) is 129 cm³/mol. The Labute approximate surface area is 200 Å². The largest absolute Gasteiger partial charge is 0.417 e. The molecule has 3 heterocycles. The molecule has 0 aliphatic carbocycles. The highest BCUT2D eigenvalue weighted by Crippen LogP contribution is 2.29. The minimum absolute atomic E-state index is 0.147. The van der Waals surface area contributed by atoms with Crippen molar-refractivity contribution in [1.82, 2.24) is 19.7 Å². The summed E-state index contributed by atoms with van der Waals surface area (Å²) in [5.74, 6) is 0.521. The van der Waals surface area contributed by atoms with E-state index in [1.807, 2.05) is 59.5 Å². The number of benzene rings is 2. The average molecular weight is 480 g/mol. The van der Waals surface area contributed by atoms with Crippen LogP contribution in [0.4, 0.5) is 19.0 Å². The SMILES string of the molecule is O=c1c2ccccc2c(-c2ccccc2)nn1CN1CCCN(c2ccc(C(F)(F)F)cn2)CC1. The Balaban J connectivity index is 1.37. The number of hydrogen-bond donors (Lipinski definition) is 0. The molecule has 0 N–H and O–H groups in total. The maximum absolute atomic E-state index is 13.2. The molecule has 5 rings (SSSR count). The number of hydrogen-bond acceptors (Lipinski definition) is 5. The van der Waals surface area contributed by atoms with Gasteiger partial charge in [0.1, 0.15) is 5.82 Å². The minimum atomic E-state index is -4.40. The van der Waals surface area contributed by atoms with E-state index < -0.39 is 11.7 Å². The molecular formula is C26H24F3N5O. The Morgan fingerprint density at radius 1 is 0.829 bits per heavy atom.